The van der Waals surface area contributed by atoms with Crippen molar-refractivity contribution in [2.75, 3.05) is 13.7 Å². The van der Waals surface area contributed by atoms with E-state index < -0.39 is 17.9 Å². The highest BCUT2D eigenvalue weighted by Crippen LogP contribution is 2.40. The molecular formula is C19H20N2O4. The number of carbonyl (C=O) groups is 2. The summed E-state index contributed by atoms with van der Waals surface area (Å²) in [4.78, 5) is 25.0. The first-order valence-electron chi connectivity index (χ1n) is 7.89. The molecule has 0 saturated carbocycles. The van der Waals surface area contributed by atoms with Gasteiger partial charge in [-0.1, -0.05) is 18.2 Å². The van der Waals surface area contributed by atoms with E-state index in [4.69, 9.17) is 9.47 Å². The molecule has 2 rings (SSSR count). The molecule has 1 aromatic carbocycles. The van der Waals surface area contributed by atoms with Crippen LogP contribution in [0.3, 0.4) is 0 Å². The van der Waals surface area contributed by atoms with E-state index in [-0.39, 0.29) is 6.61 Å². The van der Waals surface area contributed by atoms with E-state index in [1.54, 1.807) is 45.0 Å². The topological polar surface area (TPSA) is 88.4 Å². The van der Waals surface area contributed by atoms with Crippen LogP contribution in [0.2, 0.25) is 0 Å². The van der Waals surface area contributed by atoms with E-state index in [1.165, 1.54) is 7.11 Å². The lowest BCUT2D eigenvalue weighted by atomic mass is 9.79. The molecule has 1 heterocycles. The summed E-state index contributed by atoms with van der Waals surface area (Å²) in [6, 6.07) is 9.01. The van der Waals surface area contributed by atoms with Crippen molar-refractivity contribution in [2.24, 2.45) is 0 Å². The Morgan fingerprint density at radius 3 is 2.32 bits per heavy atom. The number of hydrogen-bond acceptors (Lipinski definition) is 6. The zero-order valence-corrected chi connectivity index (χ0v) is 14.7. The highest BCUT2D eigenvalue weighted by molar-refractivity contribution is 6.00. The molecule has 25 heavy (non-hydrogen) atoms. The maximum atomic E-state index is 12.6. The first-order valence-corrected chi connectivity index (χ1v) is 7.89. The number of hydrogen-bond donors (Lipinski definition) is 1. The molecule has 1 N–H and O–H groups in total. The molecule has 1 aromatic rings. The summed E-state index contributed by atoms with van der Waals surface area (Å²) in [7, 11) is 1.28. The highest BCUT2D eigenvalue weighted by Gasteiger charge is 2.38. The van der Waals surface area contributed by atoms with E-state index in [0.29, 0.717) is 33.7 Å². The van der Waals surface area contributed by atoms with Crippen LogP contribution in [0.4, 0.5) is 0 Å². The number of dihydropyridines is 1. The maximum Gasteiger partial charge on any atom is 0.336 e. The number of rotatable bonds is 4. The minimum absolute atomic E-state index is 0.207. The molecule has 6 nitrogen and oxygen atoms in total. The van der Waals surface area contributed by atoms with Gasteiger partial charge in [-0.3, -0.25) is 0 Å². The van der Waals surface area contributed by atoms with Crippen LogP contribution < -0.4 is 5.32 Å². The average molecular weight is 340 g/mol. The smallest absolute Gasteiger partial charge is 0.336 e. The lowest BCUT2D eigenvalue weighted by Gasteiger charge is -2.30. The summed E-state index contributed by atoms with van der Waals surface area (Å²) in [6.07, 6.45) is 0. The molecule has 0 radical (unpaired) electrons. The summed E-state index contributed by atoms with van der Waals surface area (Å²) in [5.41, 5.74) is 2.71. The average Bonchev–Trinajstić information content (AvgIpc) is 2.60. The van der Waals surface area contributed by atoms with Gasteiger partial charge in [0, 0.05) is 11.4 Å². The Labute approximate surface area is 146 Å². The monoisotopic (exact) mass is 340 g/mol. The molecule has 1 aliphatic rings. The van der Waals surface area contributed by atoms with Crippen LogP contribution in [0.1, 0.15) is 37.8 Å². The molecule has 1 aliphatic heterocycles. The van der Waals surface area contributed by atoms with Crippen LogP contribution in [0.25, 0.3) is 0 Å². The van der Waals surface area contributed by atoms with Crippen LogP contribution >= 0.6 is 0 Å². The van der Waals surface area contributed by atoms with Crippen molar-refractivity contribution in [3.8, 4) is 6.07 Å². The van der Waals surface area contributed by atoms with Gasteiger partial charge in [-0.15, -0.1) is 0 Å². The van der Waals surface area contributed by atoms with Gasteiger partial charge >= 0.3 is 11.9 Å². The number of carbonyl (C=O) groups excluding carboxylic acids is 2. The normalized spacial score (nSPS) is 16.8. The summed E-state index contributed by atoms with van der Waals surface area (Å²) in [5.74, 6) is -1.82. The predicted octanol–water partition coefficient (Wildman–Crippen LogP) is 2.53. The first kappa shape index (κ1) is 18.3. The Balaban J connectivity index is 2.75. The number of allylic oxidation sites excluding steroid dienone is 2. The Bertz CT molecular complexity index is 815. The van der Waals surface area contributed by atoms with Gasteiger partial charge in [0.1, 0.15) is 0 Å². The first-order chi connectivity index (χ1) is 12.0. The molecule has 130 valence electrons. The van der Waals surface area contributed by atoms with Gasteiger partial charge in [-0.2, -0.15) is 5.26 Å². The van der Waals surface area contributed by atoms with Gasteiger partial charge in [0.05, 0.1) is 42.4 Å². The van der Waals surface area contributed by atoms with Crippen LogP contribution in [-0.4, -0.2) is 25.7 Å². The van der Waals surface area contributed by atoms with Crippen LogP contribution in [-0.2, 0) is 19.1 Å². The third kappa shape index (κ3) is 3.41. The molecule has 6 heteroatoms. The fourth-order valence-electron chi connectivity index (χ4n) is 3.02. The van der Waals surface area contributed by atoms with Gasteiger partial charge in [-0.25, -0.2) is 9.59 Å². The van der Waals surface area contributed by atoms with Crippen molar-refractivity contribution in [3.05, 3.63) is 57.9 Å². The quantitative estimate of drug-likeness (QED) is 0.847. The molecule has 1 unspecified atom stereocenters. The number of nitrogens with zero attached hydrogens (tertiary/aromatic N) is 1. The minimum atomic E-state index is -0.733. The Morgan fingerprint density at radius 2 is 1.76 bits per heavy atom. The van der Waals surface area contributed by atoms with Crippen molar-refractivity contribution >= 4 is 11.9 Å². The van der Waals surface area contributed by atoms with Crippen molar-refractivity contribution in [2.45, 2.75) is 26.7 Å². The summed E-state index contributed by atoms with van der Waals surface area (Å²) >= 11 is 0. The number of nitrogens with one attached hydrogen (secondary N) is 1. The number of nitriles is 1. The summed E-state index contributed by atoms with van der Waals surface area (Å²) < 4.78 is 10.1. The fraction of sp³-hybridized carbons (Fsp3) is 0.316. The van der Waals surface area contributed by atoms with Crippen LogP contribution in [0.15, 0.2) is 46.8 Å². The molecule has 0 spiro atoms. The van der Waals surface area contributed by atoms with E-state index >= 15 is 0 Å². The van der Waals surface area contributed by atoms with Gasteiger partial charge in [0.15, 0.2) is 0 Å². The van der Waals surface area contributed by atoms with Crippen LogP contribution in [0.5, 0.6) is 0 Å². The molecule has 0 bridgehead atoms. The zero-order chi connectivity index (χ0) is 18.6. The van der Waals surface area contributed by atoms with Crippen molar-refractivity contribution in [1.29, 1.82) is 5.26 Å². The van der Waals surface area contributed by atoms with E-state index in [0.717, 1.165) is 0 Å². The summed E-state index contributed by atoms with van der Waals surface area (Å²) in [5, 5.41) is 12.5. The van der Waals surface area contributed by atoms with Crippen molar-refractivity contribution < 1.29 is 19.1 Å². The highest BCUT2D eigenvalue weighted by atomic mass is 16.5. The fourth-order valence-corrected chi connectivity index (χ4v) is 3.02. The Hall–Kier alpha value is -3.07. The lowest BCUT2D eigenvalue weighted by Crippen LogP contribution is -2.32. The molecule has 0 aliphatic carbocycles. The molecule has 0 saturated heterocycles. The van der Waals surface area contributed by atoms with E-state index in [9.17, 15) is 14.9 Å². The second-order valence-corrected chi connectivity index (χ2v) is 5.55. The predicted molar refractivity (Wildman–Crippen MR) is 91.1 cm³/mol. The van der Waals surface area contributed by atoms with Crippen molar-refractivity contribution in [3.63, 3.8) is 0 Å². The standard InChI is InChI=1S/C19H20N2O4/c1-5-25-19(23)16-12(3)21-11(2)15(18(22)24-4)17(16)14-9-7-6-8-13(14)10-20/h6-9,17,21H,5H2,1-4H3. The SMILES string of the molecule is CCOC(=O)C1=C(C)NC(C)=C(C(=O)OC)C1c1ccccc1C#N. The number of esters is 2. The number of benzene rings is 1. The zero-order valence-electron chi connectivity index (χ0n) is 14.7. The second kappa shape index (κ2) is 7.67. The summed E-state index contributed by atoms with van der Waals surface area (Å²) in [6.45, 7) is 5.40. The third-order valence-electron chi connectivity index (χ3n) is 4.05. The molecule has 1 atom stereocenters. The molecule has 0 aromatic heterocycles. The van der Waals surface area contributed by atoms with E-state index in [1.807, 2.05) is 0 Å². The van der Waals surface area contributed by atoms with Gasteiger partial charge in [0.25, 0.3) is 0 Å². The maximum absolute atomic E-state index is 12.6. The van der Waals surface area contributed by atoms with Gasteiger partial charge in [-0.05, 0) is 32.4 Å². The molecule has 0 fully saturated rings. The molecule has 0 amide bonds. The Morgan fingerprint density at radius 1 is 1.16 bits per heavy atom. The largest absolute Gasteiger partial charge is 0.466 e. The Kier molecular flexibility index (Phi) is 5.60. The number of ether oxygens (including phenoxy) is 2. The third-order valence-corrected chi connectivity index (χ3v) is 4.05. The second-order valence-electron chi connectivity index (χ2n) is 5.55. The lowest BCUT2D eigenvalue weighted by molar-refractivity contribution is -0.139. The van der Waals surface area contributed by atoms with Crippen LogP contribution in [0, 0.1) is 11.3 Å². The van der Waals surface area contributed by atoms with Gasteiger partial charge in [0.2, 0.25) is 0 Å². The molecular weight excluding hydrogens is 320 g/mol. The number of methoxy groups -OCH3 is 1. The van der Waals surface area contributed by atoms with Gasteiger partial charge < -0.3 is 14.8 Å². The van der Waals surface area contributed by atoms with E-state index in [2.05, 4.69) is 11.4 Å². The van der Waals surface area contributed by atoms with Crippen molar-refractivity contribution in [1.82, 2.24) is 5.32 Å². The minimum Gasteiger partial charge on any atom is -0.466 e.